The number of nitrogens with zero attached hydrogens (tertiary/aromatic N) is 2. The normalized spacial score (nSPS) is 16.6. The van der Waals surface area contributed by atoms with Gasteiger partial charge in [0.05, 0.1) is 5.92 Å². The van der Waals surface area contributed by atoms with E-state index in [0.29, 0.717) is 0 Å². The molecule has 0 saturated heterocycles. The SMILES string of the molecule is CN(C)c1ccc(CCCC2C(=O)N(C)c3ccccc32)cc1. The van der Waals surface area contributed by atoms with Gasteiger partial charge in [0.15, 0.2) is 0 Å². The number of hydrogen-bond donors (Lipinski definition) is 0. The minimum Gasteiger partial charge on any atom is -0.378 e. The van der Waals surface area contributed by atoms with Gasteiger partial charge in [-0.05, 0) is 48.6 Å². The largest absolute Gasteiger partial charge is 0.378 e. The molecular formula is C20H24N2O. The Morgan fingerprint density at radius 1 is 1.04 bits per heavy atom. The summed E-state index contributed by atoms with van der Waals surface area (Å²) in [5, 5.41) is 0. The average molecular weight is 308 g/mol. The molecule has 2 aromatic carbocycles. The molecule has 1 amide bonds. The van der Waals surface area contributed by atoms with E-state index in [1.165, 1.54) is 16.8 Å². The zero-order valence-corrected chi connectivity index (χ0v) is 14.1. The maximum atomic E-state index is 12.4. The van der Waals surface area contributed by atoms with Crippen molar-refractivity contribution in [3.05, 3.63) is 59.7 Å². The number of carbonyl (C=O) groups excluding carboxylic acids is 1. The monoisotopic (exact) mass is 308 g/mol. The molecule has 0 N–H and O–H groups in total. The van der Waals surface area contributed by atoms with Crippen molar-refractivity contribution in [3.63, 3.8) is 0 Å². The second kappa shape index (κ2) is 6.45. The lowest BCUT2D eigenvalue weighted by Crippen LogP contribution is -2.23. The Hall–Kier alpha value is -2.29. The molecule has 2 aromatic rings. The highest BCUT2D eigenvalue weighted by atomic mass is 16.2. The van der Waals surface area contributed by atoms with Crippen molar-refractivity contribution in [3.8, 4) is 0 Å². The lowest BCUT2D eigenvalue weighted by molar-refractivity contribution is -0.119. The molecule has 1 unspecified atom stereocenters. The molecule has 1 heterocycles. The maximum absolute atomic E-state index is 12.4. The molecule has 0 aromatic heterocycles. The van der Waals surface area contributed by atoms with Gasteiger partial charge in [-0.1, -0.05) is 30.3 Å². The summed E-state index contributed by atoms with van der Waals surface area (Å²) in [6.07, 6.45) is 2.96. The van der Waals surface area contributed by atoms with E-state index in [2.05, 4.69) is 49.3 Å². The van der Waals surface area contributed by atoms with Crippen molar-refractivity contribution < 1.29 is 4.79 Å². The summed E-state index contributed by atoms with van der Waals surface area (Å²) in [5.74, 6) is 0.256. The van der Waals surface area contributed by atoms with E-state index in [-0.39, 0.29) is 11.8 Å². The number of benzene rings is 2. The summed E-state index contributed by atoms with van der Waals surface area (Å²) in [5.41, 5.74) is 4.80. The van der Waals surface area contributed by atoms with Crippen molar-refractivity contribution in [1.82, 2.24) is 0 Å². The van der Waals surface area contributed by atoms with Crippen LogP contribution < -0.4 is 9.80 Å². The third-order valence-electron chi connectivity index (χ3n) is 4.71. The first-order valence-corrected chi connectivity index (χ1v) is 8.20. The molecule has 3 rings (SSSR count). The number of amides is 1. The van der Waals surface area contributed by atoms with Crippen LogP contribution in [0.4, 0.5) is 11.4 Å². The van der Waals surface area contributed by atoms with Crippen LogP contribution >= 0.6 is 0 Å². The Balaban J connectivity index is 1.62. The number of fused-ring (bicyclic) bond motifs is 1. The van der Waals surface area contributed by atoms with Crippen molar-refractivity contribution in [2.45, 2.75) is 25.2 Å². The van der Waals surface area contributed by atoms with Crippen LogP contribution in [0, 0.1) is 0 Å². The molecule has 0 spiro atoms. The Morgan fingerprint density at radius 3 is 2.43 bits per heavy atom. The van der Waals surface area contributed by atoms with Gasteiger partial charge in [0, 0.05) is 32.5 Å². The molecule has 23 heavy (non-hydrogen) atoms. The van der Waals surface area contributed by atoms with E-state index in [9.17, 15) is 4.79 Å². The first-order chi connectivity index (χ1) is 11.1. The predicted octanol–water partition coefficient (Wildman–Crippen LogP) is 3.84. The molecule has 0 aliphatic carbocycles. The number of aryl methyl sites for hydroxylation is 1. The van der Waals surface area contributed by atoms with Gasteiger partial charge in [-0.2, -0.15) is 0 Å². The molecule has 1 atom stereocenters. The number of carbonyl (C=O) groups is 1. The Kier molecular flexibility index (Phi) is 4.37. The fraction of sp³-hybridized carbons (Fsp3) is 0.350. The smallest absolute Gasteiger partial charge is 0.234 e. The molecule has 0 saturated carbocycles. The third-order valence-corrected chi connectivity index (χ3v) is 4.71. The summed E-state index contributed by atoms with van der Waals surface area (Å²) in [4.78, 5) is 16.3. The first kappa shape index (κ1) is 15.6. The number of hydrogen-bond acceptors (Lipinski definition) is 2. The van der Waals surface area contributed by atoms with Crippen molar-refractivity contribution >= 4 is 17.3 Å². The van der Waals surface area contributed by atoms with Crippen LogP contribution in [-0.2, 0) is 11.2 Å². The number of likely N-dealkylation sites (N-methyl/N-ethyl adjacent to an activating group) is 1. The van der Waals surface area contributed by atoms with Crippen molar-refractivity contribution in [2.75, 3.05) is 30.9 Å². The molecular weight excluding hydrogens is 284 g/mol. The minimum atomic E-state index is 0.0252. The zero-order chi connectivity index (χ0) is 16.4. The summed E-state index contributed by atoms with van der Waals surface area (Å²) in [6, 6.07) is 16.8. The fourth-order valence-electron chi connectivity index (χ4n) is 3.32. The standard InChI is InChI=1S/C20H24N2O/c1-21(2)16-13-11-15(12-14-16)7-6-9-18-17-8-4-5-10-19(17)22(3)20(18)23/h4-5,8,10-14,18H,6-7,9H2,1-3H3. The van der Waals surface area contributed by atoms with Crippen LogP contribution in [-0.4, -0.2) is 27.1 Å². The summed E-state index contributed by atoms with van der Waals surface area (Å²) >= 11 is 0. The fourth-order valence-corrected chi connectivity index (χ4v) is 3.32. The highest BCUT2D eigenvalue weighted by Gasteiger charge is 2.33. The molecule has 0 radical (unpaired) electrons. The Bertz CT molecular complexity index is 691. The highest BCUT2D eigenvalue weighted by molar-refractivity contribution is 6.04. The van der Waals surface area contributed by atoms with Gasteiger partial charge in [-0.3, -0.25) is 4.79 Å². The Morgan fingerprint density at radius 2 is 1.74 bits per heavy atom. The quantitative estimate of drug-likeness (QED) is 0.838. The number of anilines is 2. The topological polar surface area (TPSA) is 23.6 Å². The van der Waals surface area contributed by atoms with E-state index in [1.54, 1.807) is 4.90 Å². The first-order valence-electron chi connectivity index (χ1n) is 8.20. The van der Waals surface area contributed by atoms with Gasteiger partial charge >= 0.3 is 0 Å². The lowest BCUT2D eigenvalue weighted by Gasteiger charge is -2.13. The molecule has 0 fully saturated rings. The molecule has 1 aliphatic rings. The van der Waals surface area contributed by atoms with Crippen LogP contribution in [0.1, 0.15) is 29.9 Å². The van der Waals surface area contributed by atoms with Gasteiger partial charge in [0.2, 0.25) is 5.91 Å². The molecule has 3 heteroatoms. The Labute approximate surface area is 138 Å². The average Bonchev–Trinajstić information content (AvgIpc) is 2.81. The zero-order valence-electron chi connectivity index (χ0n) is 14.1. The minimum absolute atomic E-state index is 0.0252. The van der Waals surface area contributed by atoms with Crippen LogP contribution in [0.5, 0.6) is 0 Å². The van der Waals surface area contributed by atoms with Crippen molar-refractivity contribution in [1.29, 1.82) is 0 Å². The van der Waals surface area contributed by atoms with Crippen LogP contribution in [0.3, 0.4) is 0 Å². The van der Waals surface area contributed by atoms with E-state index >= 15 is 0 Å². The molecule has 120 valence electrons. The predicted molar refractivity (Wildman–Crippen MR) is 96.3 cm³/mol. The van der Waals surface area contributed by atoms with Crippen LogP contribution in [0.2, 0.25) is 0 Å². The van der Waals surface area contributed by atoms with Crippen LogP contribution in [0.15, 0.2) is 48.5 Å². The van der Waals surface area contributed by atoms with Crippen LogP contribution in [0.25, 0.3) is 0 Å². The van der Waals surface area contributed by atoms with Gasteiger partial charge in [-0.15, -0.1) is 0 Å². The summed E-state index contributed by atoms with van der Waals surface area (Å²) in [7, 11) is 5.98. The second-order valence-electron chi connectivity index (χ2n) is 6.46. The van der Waals surface area contributed by atoms with Gasteiger partial charge in [0.25, 0.3) is 0 Å². The summed E-state index contributed by atoms with van der Waals surface area (Å²) < 4.78 is 0. The summed E-state index contributed by atoms with van der Waals surface area (Å²) in [6.45, 7) is 0. The molecule has 1 aliphatic heterocycles. The van der Waals surface area contributed by atoms with E-state index in [1.807, 2.05) is 25.2 Å². The van der Waals surface area contributed by atoms with Crippen molar-refractivity contribution in [2.24, 2.45) is 0 Å². The number of para-hydroxylation sites is 1. The van der Waals surface area contributed by atoms with Gasteiger partial charge < -0.3 is 9.80 Å². The second-order valence-corrected chi connectivity index (χ2v) is 6.46. The van der Waals surface area contributed by atoms with Gasteiger partial charge in [-0.25, -0.2) is 0 Å². The molecule has 0 bridgehead atoms. The third kappa shape index (κ3) is 3.09. The van der Waals surface area contributed by atoms with E-state index in [4.69, 9.17) is 0 Å². The molecule has 3 nitrogen and oxygen atoms in total. The van der Waals surface area contributed by atoms with E-state index in [0.717, 1.165) is 24.9 Å². The highest BCUT2D eigenvalue weighted by Crippen LogP contribution is 2.38. The maximum Gasteiger partial charge on any atom is 0.234 e. The number of rotatable bonds is 5. The van der Waals surface area contributed by atoms with E-state index < -0.39 is 0 Å². The van der Waals surface area contributed by atoms with Gasteiger partial charge in [0.1, 0.15) is 0 Å². The lowest BCUT2D eigenvalue weighted by atomic mass is 9.94.